The van der Waals surface area contributed by atoms with Gasteiger partial charge >= 0.3 is 5.97 Å². The number of carboxylic acid groups (broad SMARTS) is 1. The third-order valence-electron chi connectivity index (χ3n) is 7.35. The van der Waals surface area contributed by atoms with Crippen LogP contribution in [0.15, 0.2) is 77.8 Å². The van der Waals surface area contributed by atoms with E-state index in [2.05, 4.69) is 10.3 Å². The van der Waals surface area contributed by atoms with Gasteiger partial charge in [-0.2, -0.15) is 0 Å². The van der Waals surface area contributed by atoms with E-state index in [9.17, 15) is 14.3 Å². The van der Waals surface area contributed by atoms with E-state index in [0.29, 0.717) is 26.7 Å². The van der Waals surface area contributed by atoms with Crippen LogP contribution in [0.2, 0.25) is 5.02 Å². The molecule has 0 spiro atoms. The highest BCUT2D eigenvalue weighted by Crippen LogP contribution is 2.45. The Morgan fingerprint density at radius 3 is 2.69 bits per heavy atom. The van der Waals surface area contributed by atoms with Gasteiger partial charge in [0.15, 0.2) is 6.29 Å². The molecule has 3 heterocycles. The van der Waals surface area contributed by atoms with Crippen molar-refractivity contribution in [3.63, 3.8) is 0 Å². The summed E-state index contributed by atoms with van der Waals surface area (Å²) < 4.78 is 41.1. The van der Waals surface area contributed by atoms with Crippen molar-refractivity contribution in [3.8, 4) is 11.3 Å². The minimum absolute atomic E-state index is 0.0891. The van der Waals surface area contributed by atoms with Crippen molar-refractivity contribution in [2.45, 2.75) is 47.9 Å². The third kappa shape index (κ3) is 5.68. The standard InChI is InChI=1S/C30H27ClFN3O6S/c1-16-8-9-18(12-21(16)32)22-14-35(34-33-22)25-26-23(15-39-29(41-26)17-6-4-3-5-7-17)40-30(27(25)38-2)42-24-13-19(31)10-11-20(24)28(36)37/h3-14,23,25-27,29-30H,15H2,1-2H3,(H,36,37)/t23?,25?,26-,27?,29?,30+/m0/s1. The number of hydrogen-bond donors (Lipinski definition) is 1. The molecule has 0 radical (unpaired) electrons. The Bertz CT molecular complexity index is 1590. The third-order valence-corrected chi connectivity index (χ3v) is 8.79. The number of thioether (sulfide) groups is 1. The zero-order chi connectivity index (χ0) is 29.4. The Morgan fingerprint density at radius 2 is 1.95 bits per heavy atom. The number of carbonyl (C=O) groups is 1. The molecule has 12 heteroatoms. The van der Waals surface area contributed by atoms with Gasteiger partial charge in [0.25, 0.3) is 0 Å². The highest BCUT2D eigenvalue weighted by atomic mass is 35.5. The number of aryl methyl sites for hydroxylation is 1. The normalized spacial score (nSPS) is 25.6. The van der Waals surface area contributed by atoms with Crippen LogP contribution in [0.3, 0.4) is 0 Å². The van der Waals surface area contributed by atoms with Crippen molar-refractivity contribution in [3.05, 3.63) is 100 Å². The average molecular weight is 612 g/mol. The smallest absolute Gasteiger partial charge is 0.336 e. The minimum Gasteiger partial charge on any atom is -0.478 e. The summed E-state index contributed by atoms with van der Waals surface area (Å²) in [6.07, 6.45) is -0.718. The van der Waals surface area contributed by atoms with Crippen LogP contribution in [-0.2, 0) is 18.9 Å². The fraction of sp³-hybridized carbons (Fsp3) is 0.300. The van der Waals surface area contributed by atoms with Crippen LogP contribution in [0.25, 0.3) is 11.3 Å². The highest BCUT2D eigenvalue weighted by Gasteiger charge is 2.52. The molecule has 42 heavy (non-hydrogen) atoms. The molecule has 2 aliphatic rings. The molecule has 1 aromatic heterocycles. The van der Waals surface area contributed by atoms with Gasteiger partial charge in [0.1, 0.15) is 41.3 Å². The van der Waals surface area contributed by atoms with E-state index in [1.165, 1.54) is 30.0 Å². The molecule has 4 unspecified atom stereocenters. The molecule has 2 fully saturated rings. The summed E-state index contributed by atoms with van der Waals surface area (Å²) in [4.78, 5) is 12.4. The lowest BCUT2D eigenvalue weighted by atomic mass is 9.95. The number of benzene rings is 3. The van der Waals surface area contributed by atoms with Gasteiger partial charge in [-0.1, -0.05) is 71.0 Å². The number of fused-ring (bicyclic) bond motifs is 1. The predicted molar refractivity (Wildman–Crippen MR) is 153 cm³/mol. The largest absolute Gasteiger partial charge is 0.478 e. The lowest BCUT2D eigenvalue weighted by Crippen LogP contribution is -2.59. The molecule has 4 aromatic rings. The lowest BCUT2D eigenvalue weighted by molar-refractivity contribution is -0.308. The van der Waals surface area contributed by atoms with Gasteiger partial charge in [-0.3, -0.25) is 0 Å². The summed E-state index contributed by atoms with van der Waals surface area (Å²) in [6, 6.07) is 18.5. The molecule has 3 aromatic carbocycles. The van der Waals surface area contributed by atoms with Crippen LogP contribution >= 0.6 is 23.4 Å². The number of hydrogen-bond acceptors (Lipinski definition) is 8. The summed E-state index contributed by atoms with van der Waals surface area (Å²) >= 11 is 7.42. The van der Waals surface area contributed by atoms with Gasteiger partial charge in [-0.25, -0.2) is 13.9 Å². The summed E-state index contributed by atoms with van der Waals surface area (Å²) in [7, 11) is 1.55. The van der Waals surface area contributed by atoms with Gasteiger partial charge < -0.3 is 24.1 Å². The van der Waals surface area contributed by atoms with Crippen molar-refractivity contribution in [2.75, 3.05) is 13.7 Å². The number of halogens is 2. The van der Waals surface area contributed by atoms with Crippen molar-refractivity contribution < 1.29 is 33.2 Å². The fourth-order valence-corrected chi connectivity index (χ4v) is 6.76. The van der Waals surface area contributed by atoms with E-state index in [1.54, 1.807) is 43.1 Å². The van der Waals surface area contributed by atoms with Gasteiger partial charge in [-0.05, 0) is 36.8 Å². The molecule has 0 bridgehead atoms. The summed E-state index contributed by atoms with van der Waals surface area (Å²) in [6.45, 7) is 1.90. The Balaban J connectivity index is 1.38. The minimum atomic E-state index is -1.09. The molecular weight excluding hydrogens is 585 g/mol. The molecule has 6 atom stereocenters. The van der Waals surface area contributed by atoms with Crippen molar-refractivity contribution in [1.29, 1.82) is 0 Å². The monoisotopic (exact) mass is 611 g/mol. The number of aromatic carboxylic acids is 1. The molecule has 1 N–H and O–H groups in total. The van der Waals surface area contributed by atoms with Crippen molar-refractivity contribution in [1.82, 2.24) is 15.0 Å². The first-order valence-electron chi connectivity index (χ1n) is 13.2. The number of aromatic nitrogens is 3. The maximum Gasteiger partial charge on any atom is 0.336 e. The van der Waals surface area contributed by atoms with Gasteiger partial charge in [0.05, 0.1) is 18.4 Å². The highest BCUT2D eigenvalue weighted by molar-refractivity contribution is 8.00. The van der Waals surface area contributed by atoms with Crippen LogP contribution in [0.5, 0.6) is 0 Å². The first-order valence-corrected chi connectivity index (χ1v) is 14.5. The summed E-state index contributed by atoms with van der Waals surface area (Å²) in [5, 5.41) is 18.9. The van der Waals surface area contributed by atoms with E-state index < -0.39 is 42.0 Å². The molecule has 218 valence electrons. The number of rotatable bonds is 7. The van der Waals surface area contributed by atoms with Crippen LogP contribution in [0.4, 0.5) is 4.39 Å². The SMILES string of the molecule is COC1C(n2cc(-c3ccc(C)c(F)c3)nn2)[C@H]2OC(c3ccccc3)OCC2O[C@@H]1Sc1cc(Cl)ccc1C(=O)O. The zero-order valence-corrected chi connectivity index (χ0v) is 24.2. The molecule has 6 rings (SSSR count). The van der Waals surface area contributed by atoms with Crippen LogP contribution in [-0.4, -0.2) is 63.5 Å². The molecule has 9 nitrogen and oxygen atoms in total. The number of nitrogens with zero attached hydrogens (tertiary/aromatic N) is 3. The second kappa shape index (κ2) is 12.1. The first kappa shape index (κ1) is 28.8. The van der Waals surface area contributed by atoms with Crippen LogP contribution in [0.1, 0.15) is 33.8 Å². The second-order valence-corrected chi connectivity index (χ2v) is 11.6. The van der Waals surface area contributed by atoms with E-state index >= 15 is 0 Å². The zero-order valence-electron chi connectivity index (χ0n) is 22.6. The van der Waals surface area contributed by atoms with E-state index in [-0.39, 0.29) is 18.0 Å². The van der Waals surface area contributed by atoms with Crippen LogP contribution in [0, 0.1) is 12.7 Å². The molecule has 0 amide bonds. The topological polar surface area (TPSA) is 105 Å². The quantitative estimate of drug-likeness (QED) is 0.272. The van der Waals surface area contributed by atoms with Crippen molar-refractivity contribution >= 4 is 29.3 Å². The number of ether oxygens (including phenoxy) is 4. The van der Waals surface area contributed by atoms with E-state index in [1.807, 2.05) is 30.3 Å². The maximum atomic E-state index is 14.4. The fourth-order valence-electron chi connectivity index (χ4n) is 5.20. The van der Waals surface area contributed by atoms with E-state index in [4.69, 9.17) is 30.5 Å². The van der Waals surface area contributed by atoms with Gasteiger partial charge in [0, 0.05) is 28.2 Å². The second-order valence-electron chi connectivity index (χ2n) is 10.0. The van der Waals surface area contributed by atoms with Crippen LogP contribution < -0.4 is 0 Å². The molecule has 0 aliphatic carbocycles. The van der Waals surface area contributed by atoms with Gasteiger partial charge in [-0.15, -0.1) is 5.10 Å². The molecular formula is C30H27ClFN3O6S. The lowest BCUT2D eigenvalue weighted by Gasteiger charge is -2.48. The Kier molecular flexibility index (Phi) is 8.30. The van der Waals surface area contributed by atoms with Crippen molar-refractivity contribution in [2.24, 2.45) is 0 Å². The molecule has 2 aliphatic heterocycles. The Morgan fingerprint density at radius 1 is 1.14 bits per heavy atom. The maximum absolute atomic E-state index is 14.4. The number of carboxylic acids is 1. The Hall–Kier alpha value is -3.32. The molecule has 0 saturated carbocycles. The van der Waals surface area contributed by atoms with Gasteiger partial charge in [0.2, 0.25) is 0 Å². The molecule has 2 saturated heterocycles. The number of methoxy groups -OCH3 is 1. The average Bonchev–Trinajstić information content (AvgIpc) is 3.48. The summed E-state index contributed by atoms with van der Waals surface area (Å²) in [5.41, 5.74) is 1.83. The Labute approximate surface area is 250 Å². The van der Waals surface area contributed by atoms with E-state index in [0.717, 1.165) is 5.56 Å². The predicted octanol–water partition coefficient (Wildman–Crippen LogP) is 5.93. The summed E-state index contributed by atoms with van der Waals surface area (Å²) in [5.74, 6) is -1.43. The first-order chi connectivity index (χ1) is 20.3.